The molecular formula is C90H53NO2. The zero-order valence-electron chi connectivity index (χ0n) is 50.4. The fraction of sp³-hybridized carbons (Fsp3) is 0. The van der Waals surface area contributed by atoms with Gasteiger partial charge in [-0.25, -0.2) is 0 Å². The highest BCUT2D eigenvalue weighted by Gasteiger charge is 2.24. The first-order valence-electron chi connectivity index (χ1n) is 32.0. The maximum Gasteiger partial charge on any atom is 0.143 e. The summed E-state index contributed by atoms with van der Waals surface area (Å²) in [6.45, 7) is 0. The molecule has 93 heavy (non-hydrogen) atoms. The quantitative estimate of drug-likeness (QED) is 0.118. The zero-order valence-corrected chi connectivity index (χ0v) is 50.4. The minimum Gasteiger partial charge on any atom is -0.455 e. The molecule has 0 aliphatic heterocycles. The number of nitrogens with zero attached hydrogens (tertiary/aromatic N) is 1. The first-order chi connectivity index (χ1) is 46.1. The number of aromatic nitrogens is 1. The summed E-state index contributed by atoms with van der Waals surface area (Å²) in [5.74, 6) is 0. The maximum absolute atomic E-state index is 7.29. The summed E-state index contributed by atoms with van der Waals surface area (Å²) >= 11 is 0. The van der Waals surface area contributed by atoms with E-state index in [4.69, 9.17) is 8.83 Å². The Kier molecular flexibility index (Phi) is 11.1. The van der Waals surface area contributed by atoms with Crippen LogP contribution in [0.1, 0.15) is 0 Å². The minimum absolute atomic E-state index is 0.869. The second-order valence-electron chi connectivity index (χ2n) is 24.9. The Morgan fingerprint density at radius 2 is 0.505 bits per heavy atom. The average molecular weight is 1180 g/mol. The number of para-hydroxylation sites is 4. The van der Waals surface area contributed by atoms with Crippen molar-refractivity contribution in [3.05, 3.63) is 322 Å². The summed E-state index contributed by atoms with van der Waals surface area (Å²) in [6, 6.07) is 118. The van der Waals surface area contributed by atoms with Gasteiger partial charge in [0.15, 0.2) is 0 Å². The van der Waals surface area contributed by atoms with Crippen molar-refractivity contribution in [1.29, 1.82) is 0 Å². The third-order valence-electron chi connectivity index (χ3n) is 20.0. The highest BCUT2D eigenvalue weighted by atomic mass is 16.3. The molecule has 17 aromatic carbocycles. The fourth-order valence-corrected chi connectivity index (χ4v) is 15.8. The van der Waals surface area contributed by atoms with Gasteiger partial charge in [0, 0.05) is 60.3 Å². The van der Waals surface area contributed by atoms with E-state index in [-0.39, 0.29) is 0 Å². The molecule has 0 spiro atoms. The summed E-state index contributed by atoms with van der Waals surface area (Å²) < 4.78 is 17.0. The van der Waals surface area contributed by atoms with Gasteiger partial charge in [-0.1, -0.05) is 273 Å². The van der Waals surface area contributed by atoms with Gasteiger partial charge >= 0.3 is 0 Å². The first kappa shape index (κ1) is 51.6. The molecule has 20 aromatic rings. The Balaban J connectivity index is 0.782. The molecule has 0 aliphatic rings. The third-order valence-corrected chi connectivity index (χ3v) is 20.0. The molecule has 20 rings (SSSR count). The maximum atomic E-state index is 7.29. The van der Waals surface area contributed by atoms with Crippen LogP contribution < -0.4 is 0 Å². The van der Waals surface area contributed by atoms with E-state index in [0.717, 1.165) is 116 Å². The Labute approximate surface area is 534 Å². The molecule has 3 heterocycles. The van der Waals surface area contributed by atoms with Gasteiger partial charge in [-0.15, -0.1) is 0 Å². The lowest BCUT2D eigenvalue weighted by molar-refractivity contribution is 0.671. The second-order valence-corrected chi connectivity index (χ2v) is 24.9. The number of furan rings is 2. The van der Waals surface area contributed by atoms with E-state index < -0.39 is 0 Å². The molecule has 0 amide bonds. The Morgan fingerprint density at radius 3 is 0.935 bits per heavy atom. The number of fused-ring (bicyclic) bond motifs is 17. The van der Waals surface area contributed by atoms with Crippen LogP contribution in [-0.2, 0) is 0 Å². The van der Waals surface area contributed by atoms with Crippen LogP contribution in [0.3, 0.4) is 0 Å². The third kappa shape index (κ3) is 7.72. The van der Waals surface area contributed by atoms with Gasteiger partial charge in [0.1, 0.15) is 22.3 Å². The molecule has 0 N–H and O–H groups in total. The lowest BCUT2D eigenvalue weighted by Gasteiger charge is -2.18. The van der Waals surface area contributed by atoms with E-state index in [1.54, 1.807) is 0 Å². The topological polar surface area (TPSA) is 31.2 Å². The number of hydrogen-bond acceptors (Lipinski definition) is 2. The molecule has 0 fully saturated rings. The molecule has 0 saturated carbocycles. The summed E-state index contributed by atoms with van der Waals surface area (Å²) in [6.07, 6.45) is 0. The molecule has 3 aromatic heterocycles. The lowest BCUT2D eigenvalue weighted by atomic mass is 9.86. The molecule has 0 atom stereocenters. The molecule has 0 unspecified atom stereocenters. The summed E-state index contributed by atoms with van der Waals surface area (Å²) in [7, 11) is 0. The van der Waals surface area contributed by atoms with Crippen LogP contribution in [0.2, 0.25) is 0 Å². The van der Waals surface area contributed by atoms with Crippen molar-refractivity contribution in [2.75, 3.05) is 0 Å². The highest BCUT2D eigenvalue weighted by Crippen LogP contribution is 2.49. The average Bonchev–Trinajstić information content (AvgIpc) is 1.75. The zero-order chi connectivity index (χ0) is 60.8. The Morgan fingerprint density at radius 1 is 0.183 bits per heavy atom. The predicted octanol–water partition coefficient (Wildman–Crippen LogP) is 25.5. The van der Waals surface area contributed by atoms with Crippen LogP contribution in [-0.4, -0.2) is 4.57 Å². The van der Waals surface area contributed by atoms with E-state index in [0.29, 0.717) is 0 Å². The van der Waals surface area contributed by atoms with Gasteiger partial charge in [0.05, 0.1) is 11.0 Å². The van der Waals surface area contributed by atoms with Gasteiger partial charge in [-0.2, -0.15) is 0 Å². The van der Waals surface area contributed by atoms with Crippen molar-refractivity contribution < 1.29 is 8.83 Å². The molecule has 430 valence electrons. The van der Waals surface area contributed by atoms with Gasteiger partial charge in [-0.3, -0.25) is 0 Å². The van der Waals surface area contributed by atoms with Crippen LogP contribution >= 0.6 is 0 Å². The Bertz CT molecular complexity index is 6190. The standard InChI is InChI=1S/C90H53NO2/c1-2-20-54(21-3-1)85-69-30-12-14-32-71(69)86(72-33-15-13-31-70(72)85)55-42-46-60(47-43-55)91-83-48-44-58(63-34-16-36-73-75-38-18-40-77(89(75)92-87(63)73)79-50-56-22-4-6-24-61(56)65-26-8-10-28-67(65)79)52-81(83)82-53-59(45-49-84(82)91)64-35-17-37-74-76-39-19-41-78(90(76)93-88(64)74)80-51-57-23-5-7-25-62(57)66-27-9-11-29-68(66)80/h1-53H. The Hall–Kier alpha value is -12.3. The van der Waals surface area contributed by atoms with Crippen molar-refractivity contribution in [3.63, 3.8) is 0 Å². The van der Waals surface area contributed by atoms with E-state index in [9.17, 15) is 0 Å². The van der Waals surface area contributed by atoms with Crippen LogP contribution in [0, 0.1) is 0 Å². The van der Waals surface area contributed by atoms with Gasteiger partial charge in [0.25, 0.3) is 0 Å². The van der Waals surface area contributed by atoms with Crippen molar-refractivity contribution >= 4 is 130 Å². The normalized spacial score (nSPS) is 12.1. The molecule has 0 saturated heterocycles. The second kappa shape index (κ2) is 20.1. The van der Waals surface area contributed by atoms with E-state index >= 15 is 0 Å². The molecule has 0 bridgehead atoms. The van der Waals surface area contributed by atoms with E-state index in [1.807, 2.05) is 0 Å². The molecular weight excluding hydrogens is 1130 g/mol. The predicted molar refractivity (Wildman–Crippen MR) is 393 cm³/mol. The first-order valence-corrected chi connectivity index (χ1v) is 32.0. The summed E-state index contributed by atoms with van der Waals surface area (Å²) in [4.78, 5) is 0. The smallest absolute Gasteiger partial charge is 0.143 e. The highest BCUT2D eigenvalue weighted by molar-refractivity contribution is 6.24. The van der Waals surface area contributed by atoms with Gasteiger partial charge in [-0.05, 0) is 158 Å². The van der Waals surface area contributed by atoms with Crippen LogP contribution in [0.5, 0.6) is 0 Å². The lowest BCUT2D eigenvalue weighted by Crippen LogP contribution is -1.95. The number of benzene rings is 17. The fourth-order valence-electron chi connectivity index (χ4n) is 15.8. The minimum atomic E-state index is 0.869. The van der Waals surface area contributed by atoms with E-state index in [2.05, 4.69) is 326 Å². The van der Waals surface area contributed by atoms with Crippen molar-refractivity contribution in [2.24, 2.45) is 0 Å². The van der Waals surface area contributed by atoms with Crippen molar-refractivity contribution in [2.45, 2.75) is 0 Å². The van der Waals surface area contributed by atoms with Gasteiger partial charge < -0.3 is 13.4 Å². The molecule has 3 nitrogen and oxygen atoms in total. The van der Waals surface area contributed by atoms with Crippen LogP contribution in [0.25, 0.3) is 203 Å². The SMILES string of the molecule is c1ccc(-c2c3ccccc3c(-c3ccc(-n4c5ccc(-c6cccc7c6oc6c(-c8cc9ccccc9c9ccccc89)cccc67)cc5c5cc(-c6cccc7c6oc6c(-c8cc9ccccc9c9ccccc89)cccc67)ccc54)cc3)c3ccccc23)cc1. The van der Waals surface area contributed by atoms with E-state index in [1.165, 1.54) is 86.9 Å². The monoisotopic (exact) mass is 1180 g/mol. The summed E-state index contributed by atoms with van der Waals surface area (Å²) in [5.41, 5.74) is 20.4. The molecule has 0 aliphatic carbocycles. The van der Waals surface area contributed by atoms with Crippen LogP contribution in [0.4, 0.5) is 0 Å². The number of hydrogen-bond donors (Lipinski definition) is 0. The van der Waals surface area contributed by atoms with Crippen molar-refractivity contribution in [1.82, 2.24) is 4.57 Å². The largest absolute Gasteiger partial charge is 0.455 e. The number of rotatable bonds is 7. The van der Waals surface area contributed by atoms with Crippen molar-refractivity contribution in [3.8, 4) is 72.4 Å². The molecule has 3 heteroatoms. The molecule has 0 radical (unpaired) electrons. The summed E-state index contributed by atoms with van der Waals surface area (Å²) in [5, 5.41) is 21.4. The van der Waals surface area contributed by atoms with Gasteiger partial charge in [0.2, 0.25) is 0 Å². The van der Waals surface area contributed by atoms with Crippen LogP contribution in [0.15, 0.2) is 330 Å².